The average Bonchev–Trinajstić information content (AvgIpc) is 3.33. The number of likely N-dealkylation sites (tertiary alicyclic amines) is 1. The van der Waals surface area contributed by atoms with Crippen molar-refractivity contribution < 1.29 is 22.8 Å². The molecule has 11 atom stereocenters. The summed E-state index contributed by atoms with van der Waals surface area (Å²) < 4.78 is 41.6. The van der Waals surface area contributed by atoms with Gasteiger partial charge in [0.1, 0.15) is 0 Å². The molecule has 0 aromatic rings. The fourth-order valence-electron chi connectivity index (χ4n) is 8.52. The van der Waals surface area contributed by atoms with E-state index in [0.29, 0.717) is 37.5 Å². The van der Waals surface area contributed by atoms with E-state index in [-0.39, 0.29) is 60.7 Å². The van der Waals surface area contributed by atoms with Crippen molar-refractivity contribution in [3.63, 3.8) is 0 Å². The Hall–Kier alpha value is -1.39. The molecule has 3 saturated heterocycles. The van der Waals surface area contributed by atoms with Crippen LogP contribution in [0, 0.1) is 35.5 Å². The fourth-order valence-corrected chi connectivity index (χ4v) is 8.52. The van der Waals surface area contributed by atoms with Crippen molar-refractivity contribution in [2.45, 2.75) is 109 Å². The number of amides is 2. The van der Waals surface area contributed by atoms with Gasteiger partial charge in [0.05, 0.1) is 5.92 Å². The molecule has 3 heterocycles. The Morgan fingerprint density at radius 2 is 1.74 bits per heavy atom. The molecule has 2 amide bonds. The average molecular weight is 556 g/mol. The molecule has 0 aromatic carbocycles. The van der Waals surface area contributed by atoms with Crippen LogP contribution in [0.25, 0.3) is 0 Å². The Kier molecular flexibility index (Phi) is 8.57. The van der Waals surface area contributed by atoms with Crippen LogP contribution in [0.3, 0.4) is 0 Å². The number of hydrogen-bond donors (Lipinski definition) is 3. The van der Waals surface area contributed by atoms with Crippen LogP contribution in [0.15, 0.2) is 0 Å². The van der Waals surface area contributed by atoms with Gasteiger partial charge in [-0.1, -0.05) is 6.92 Å². The van der Waals surface area contributed by atoms with Crippen LogP contribution in [0.4, 0.5) is 13.2 Å². The van der Waals surface area contributed by atoms with E-state index in [1.165, 1.54) is 0 Å². The summed E-state index contributed by atoms with van der Waals surface area (Å²) in [5, 5.41) is 10.1. The molecular formula is C29H48F3N5O2. The minimum absolute atomic E-state index is 0.0560. The number of hydrogen-bond acceptors (Lipinski definition) is 5. The molecule has 11 unspecified atom stereocenters. The largest absolute Gasteiger partial charge is 0.391 e. The molecular weight excluding hydrogens is 507 g/mol. The Labute approximate surface area is 231 Å². The normalized spacial score (nSPS) is 44.2. The Morgan fingerprint density at radius 3 is 2.44 bits per heavy atom. The second-order valence-corrected chi connectivity index (χ2v) is 13.7. The van der Waals surface area contributed by atoms with Crippen LogP contribution in [0.5, 0.6) is 0 Å². The Balaban J connectivity index is 1.23. The number of fused-ring (bicyclic) bond motifs is 1. The molecule has 3 aliphatic heterocycles. The first kappa shape index (κ1) is 29.1. The number of carbonyl (C=O) groups is 2. The maximum atomic E-state index is 13.9. The first-order valence-electron chi connectivity index (χ1n) is 15.2. The molecule has 0 aromatic heterocycles. The van der Waals surface area contributed by atoms with Crippen molar-refractivity contribution in [3.05, 3.63) is 0 Å². The molecule has 39 heavy (non-hydrogen) atoms. The number of nitrogens with zero attached hydrogens (tertiary/aromatic N) is 2. The number of nitrogens with one attached hydrogen (secondary N) is 3. The number of alkyl halides is 3. The minimum Gasteiger partial charge on any atom is -0.353 e. The maximum Gasteiger partial charge on any atom is 0.391 e. The fraction of sp³-hybridized carbons (Fsp3) is 0.931. The first-order valence-corrected chi connectivity index (χ1v) is 15.2. The molecule has 5 fully saturated rings. The second-order valence-electron chi connectivity index (χ2n) is 13.7. The van der Waals surface area contributed by atoms with Crippen LogP contribution in [0.1, 0.15) is 72.1 Å². The quantitative estimate of drug-likeness (QED) is 0.496. The maximum absolute atomic E-state index is 13.9. The smallest absolute Gasteiger partial charge is 0.353 e. The summed E-state index contributed by atoms with van der Waals surface area (Å²) >= 11 is 0. The summed E-state index contributed by atoms with van der Waals surface area (Å²) in [4.78, 5) is 31.1. The highest BCUT2D eigenvalue weighted by atomic mass is 19.4. The van der Waals surface area contributed by atoms with Gasteiger partial charge in [-0.05, 0) is 83.0 Å². The van der Waals surface area contributed by atoms with Crippen molar-refractivity contribution in [1.29, 1.82) is 0 Å². The number of carbonyl (C=O) groups excluding carboxylic acids is 2. The zero-order valence-corrected chi connectivity index (χ0v) is 24.0. The lowest BCUT2D eigenvalue weighted by molar-refractivity contribution is -0.191. The SMILES string of the molecule is CC1CC2C(CN1)CC(C1CC(NC(=O)C3CC(N4CNC(C)C4)CC(C(F)(F)F)C3)CCC1C)C(=O)N2C. The standard InChI is InChI=1S/C29H48F3N5O2/c1-16-5-6-22(12-24(16)25-10-20-13-33-17(2)7-26(20)36(4)28(25)39)35-27(38)19-8-21(29(30,31)32)11-23(9-19)37-14-18(3)34-15-37/h16-26,33-34H,5-15H2,1-4H3,(H,35,38). The van der Waals surface area contributed by atoms with E-state index < -0.39 is 18.0 Å². The molecule has 2 saturated carbocycles. The van der Waals surface area contributed by atoms with Crippen molar-refractivity contribution in [2.75, 3.05) is 26.8 Å². The van der Waals surface area contributed by atoms with Crippen LogP contribution < -0.4 is 16.0 Å². The molecule has 7 nitrogen and oxygen atoms in total. The van der Waals surface area contributed by atoms with E-state index in [9.17, 15) is 22.8 Å². The predicted molar refractivity (Wildman–Crippen MR) is 144 cm³/mol. The third kappa shape index (κ3) is 6.27. The second kappa shape index (κ2) is 11.5. The van der Waals surface area contributed by atoms with Gasteiger partial charge in [0, 0.05) is 68.9 Å². The topological polar surface area (TPSA) is 76.7 Å². The Morgan fingerprint density at radius 1 is 0.974 bits per heavy atom. The number of piperidine rings is 2. The van der Waals surface area contributed by atoms with E-state index in [0.717, 1.165) is 38.6 Å². The van der Waals surface area contributed by atoms with Crippen LogP contribution >= 0.6 is 0 Å². The summed E-state index contributed by atoms with van der Waals surface area (Å²) in [6.07, 6.45) is 0.436. The van der Waals surface area contributed by atoms with E-state index in [1.54, 1.807) is 0 Å². The van der Waals surface area contributed by atoms with Gasteiger partial charge in [-0.25, -0.2) is 0 Å². The molecule has 0 spiro atoms. The molecule has 5 rings (SSSR count). The highest BCUT2D eigenvalue weighted by molar-refractivity contribution is 5.81. The van der Waals surface area contributed by atoms with Gasteiger partial charge in [-0.2, -0.15) is 13.2 Å². The van der Waals surface area contributed by atoms with Crippen LogP contribution in [-0.2, 0) is 9.59 Å². The molecule has 5 aliphatic rings. The summed E-state index contributed by atoms with van der Waals surface area (Å²) in [5.41, 5.74) is 0. The molecule has 10 heteroatoms. The zero-order valence-electron chi connectivity index (χ0n) is 24.0. The number of rotatable bonds is 4. The van der Waals surface area contributed by atoms with Crippen molar-refractivity contribution in [1.82, 2.24) is 25.8 Å². The molecule has 222 valence electrons. The summed E-state index contributed by atoms with van der Waals surface area (Å²) in [6.45, 7) is 8.64. The van der Waals surface area contributed by atoms with E-state index in [1.807, 2.05) is 18.9 Å². The Bertz CT molecular complexity index is 903. The highest BCUT2D eigenvalue weighted by Gasteiger charge is 2.50. The highest BCUT2D eigenvalue weighted by Crippen LogP contribution is 2.44. The third-order valence-electron chi connectivity index (χ3n) is 10.9. The van der Waals surface area contributed by atoms with Crippen molar-refractivity contribution in [3.8, 4) is 0 Å². The van der Waals surface area contributed by atoms with E-state index in [4.69, 9.17) is 0 Å². The van der Waals surface area contributed by atoms with Gasteiger partial charge >= 0.3 is 6.18 Å². The van der Waals surface area contributed by atoms with Crippen LogP contribution in [-0.4, -0.2) is 84.8 Å². The van der Waals surface area contributed by atoms with Crippen molar-refractivity contribution in [2.24, 2.45) is 35.5 Å². The summed E-state index contributed by atoms with van der Waals surface area (Å²) in [7, 11) is 1.95. The predicted octanol–water partition coefficient (Wildman–Crippen LogP) is 3.35. The molecule has 0 bridgehead atoms. The molecule has 3 N–H and O–H groups in total. The van der Waals surface area contributed by atoms with E-state index in [2.05, 4.69) is 34.7 Å². The van der Waals surface area contributed by atoms with Crippen LogP contribution in [0.2, 0.25) is 0 Å². The van der Waals surface area contributed by atoms with Gasteiger partial charge in [-0.15, -0.1) is 0 Å². The lowest BCUT2D eigenvalue weighted by atomic mass is 9.65. The van der Waals surface area contributed by atoms with E-state index >= 15 is 0 Å². The van der Waals surface area contributed by atoms with Crippen molar-refractivity contribution >= 4 is 11.8 Å². The summed E-state index contributed by atoms with van der Waals surface area (Å²) in [6, 6.07) is 0.612. The van der Waals surface area contributed by atoms with Gasteiger partial charge in [-0.3, -0.25) is 14.5 Å². The monoisotopic (exact) mass is 555 g/mol. The zero-order chi connectivity index (χ0) is 28.1. The number of halogens is 3. The third-order valence-corrected chi connectivity index (χ3v) is 10.9. The summed E-state index contributed by atoms with van der Waals surface area (Å²) in [5.74, 6) is -1.14. The van der Waals surface area contributed by atoms with Gasteiger partial charge < -0.3 is 20.9 Å². The van der Waals surface area contributed by atoms with Gasteiger partial charge in [0.25, 0.3) is 0 Å². The molecule has 2 aliphatic carbocycles. The van der Waals surface area contributed by atoms with Gasteiger partial charge in [0.15, 0.2) is 0 Å². The van der Waals surface area contributed by atoms with Gasteiger partial charge in [0.2, 0.25) is 11.8 Å². The molecule has 0 radical (unpaired) electrons. The lowest BCUT2D eigenvalue weighted by Gasteiger charge is -2.50. The lowest BCUT2D eigenvalue weighted by Crippen LogP contribution is -2.60. The minimum atomic E-state index is -4.29. The first-order chi connectivity index (χ1) is 18.4.